The largest absolute Gasteiger partial charge is 0.497 e. The molecule has 1 unspecified atom stereocenters. The van der Waals surface area contributed by atoms with Gasteiger partial charge in [0.05, 0.1) is 7.11 Å². The molecule has 2 N–H and O–H groups in total. The molecule has 4 heteroatoms. The summed E-state index contributed by atoms with van der Waals surface area (Å²) in [6, 6.07) is 10.6. The zero-order valence-corrected chi connectivity index (χ0v) is 12.1. The Balaban J connectivity index is 1.92. The van der Waals surface area contributed by atoms with Crippen molar-refractivity contribution >= 4 is 0 Å². The molecule has 0 amide bonds. The van der Waals surface area contributed by atoms with E-state index < -0.39 is 0 Å². The molecule has 3 rings (SSSR count). The van der Waals surface area contributed by atoms with Crippen molar-refractivity contribution < 1.29 is 13.9 Å². The zero-order valence-electron chi connectivity index (χ0n) is 12.1. The monoisotopic (exact) mass is 287 g/mol. The third-order valence-corrected chi connectivity index (χ3v) is 3.92. The average Bonchev–Trinajstić information content (AvgIpc) is 2.49. The quantitative estimate of drug-likeness (QED) is 0.916. The van der Waals surface area contributed by atoms with Crippen LogP contribution in [0.25, 0.3) is 0 Å². The van der Waals surface area contributed by atoms with Crippen molar-refractivity contribution in [2.45, 2.75) is 25.5 Å². The van der Waals surface area contributed by atoms with Crippen LogP contribution in [0.4, 0.5) is 4.39 Å². The first-order valence-corrected chi connectivity index (χ1v) is 6.94. The SMILES string of the molecule is COc1ccc2c(c1)[C@H](N)CC(c1ccc(C)c(F)c1)O2. The van der Waals surface area contributed by atoms with Crippen LogP contribution in [-0.2, 0) is 0 Å². The normalized spacial score (nSPS) is 20.6. The molecule has 0 radical (unpaired) electrons. The van der Waals surface area contributed by atoms with E-state index in [0.29, 0.717) is 12.0 Å². The van der Waals surface area contributed by atoms with E-state index in [1.165, 1.54) is 6.07 Å². The summed E-state index contributed by atoms with van der Waals surface area (Å²) >= 11 is 0. The van der Waals surface area contributed by atoms with Gasteiger partial charge in [-0.2, -0.15) is 0 Å². The number of benzene rings is 2. The van der Waals surface area contributed by atoms with E-state index >= 15 is 0 Å². The van der Waals surface area contributed by atoms with Crippen molar-refractivity contribution in [1.82, 2.24) is 0 Å². The molecule has 2 aromatic rings. The Morgan fingerprint density at radius 2 is 2.05 bits per heavy atom. The van der Waals surface area contributed by atoms with Crippen molar-refractivity contribution in [3.8, 4) is 11.5 Å². The molecule has 0 bridgehead atoms. The van der Waals surface area contributed by atoms with Crippen LogP contribution >= 0.6 is 0 Å². The lowest BCUT2D eigenvalue weighted by Crippen LogP contribution is -2.24. The minimum atomic E-state index is -0.226. The maximum absolute atomic E-state index is 13.7. The standard InChI is InChI=1S/C17H18FNO2/c1-10-3-4-11(7-14(10)18)17-9-15(19)13-8-12(20-2)5-6-16(13)21-17/h3-8,15,17H,9,19H2,1-2H3/t15-,17?/m1/s1. The molecule has 0 aliphatic carbocycles. The van der Waals surface area contributed by atoms with Gasteiger partial charge in [0.25, 0.3) is 0 Å². The maximum Gasteiger partial charge on any atom is 0.126 e. The van der Waals surface area contributed by atoms with E-state index in [1.54, 1.807) is 20.1 Å². The van der Waals surface area contributed by atoms with Crippen molar-refractivity contribution in [1.29, 1.82) is 0 Å². The molecule has 0 aromatic heterocycles. The molecular weight excluding hydrogens is 269 g/mol. The number of hydrogen-bond acceptors (Lipinski definition) is 3. The summed E-state index contributed by atoms with van der Waals surface area (Å²) in [5.41, 5.74) is 8.61. The molecule has 0 saturated carbocycles. The summed E-state index contributed by atoms with van der Waals surface area (Å²) < 4.78 is 24.9. The van der Waals surface area contributed by atoms with E-state index in [-0.39, 0.29) is 18.0 Å². The molecule has 1 aliphatic heterocycles. The molecule has 0 spiro atoms. The van der Waals surface area contributed by atoms with Crippen molar-refractivity contribution in [2.75, 3.05) is 7.11 Å². The number of aryl methyl sites for hydroxylation is 1. The fourth-order valence-corrected chi connectivity index (χ4v) is 2.62. The molecule has 21 heavy (non-hydrogen) atoms. The second-order valence-corrected chi connectivity index (χ2v) is 5.36. The van der Waals surface area contributed by atoms with Crippen LogP contribution in [0.1, 0.15) is 35.3 Å². The molecule has 0 saturated heterocycles. The van der Waals surface area contributed by atoms with Crippen molar-refractivity contribution in [3.05, 3.63) is 58.9 Å². The third kappa shape index (κ3) is 2.59. The lowest BCUT2D eigenvalue weighted by molar-refractivity contribution is 0.161. The molecule has 2 atom stereocenters. The van der Waals surface area contributed by atoms with Crippen LogP contribution in [0.3, 0.4) is 0 Å². The first-order chi connectivity index (χ1) is 10.1. The van der Waals surface area contributed by atoms with Crippen molar-refractivity contribution in [3.63, 3.8) is 0 Å². The van der Waals surface area contributed by atoms with Gasteiger partial charge in [0, 0.05) is 18.0 Å². The first-order valence-electron chi connectivity index (χ1n) is 6.94. The Morgan fingerprint density at radius 1 is 1.24 bits per heavy atom. The molecule has 1 heterocycles. The Hall–Kier alpha value is -2.07. The summed E-state index contributed by atoms with van der Waals surface area (Å²) in [6.07, 6.45) is 0.388. The third-order valence-electron chi connectivity index (χ3n) is 3.92. The van der Waals surface area contributed by atoms with E-state index in [1.807, 2.05) is 24.3 Å². The summed E-state index contributed by atoms with van der Waals surface area (Å²) in [7, 11) is 1.62. The van der Waals surface area contributed by atoms with Gasteiger partial charge in [0.1, 0.15) is 23.4 Å². The van der Waals surface area contributed by atoms with Crippen LogP contribution in [0, 0.1) is 12.7 Å². The van der Waals surface area contributed by atoms with E-state index in [4.69, 9.17) is 15.2 Å². The Labute approximate surface area is 123 Å². The van der Waals surface area contributed by atoms with Gasteiger partial charge in [-0.25, -0.2) is 4.39 Å². The van der Waals surface area contributed by atoms with Gasteiger partial charge in [-0.3, -0.25) is 0 Å². The highest BCUT2D eigenvalue weighted by atomic mass is 19.1. The van der Waals surface area contributed by atoms with Gasteiger partial charge in [0.15, 0.2) is 0 Å². The molecule has 110 valence electrons. The number of rotatable bonds is 2. The number of methoxy groups -OCH3 is 1. The summed E-state index contributed by atoms with van der Waals surface area (Å²) in [6.45, 7) is 1.74. The molecule has 1 aliphatic rings. The van der Waals surface area contributed by atoms with Gasteiger partial charge in [0.2, 0.25) is 0 Å². The highest BCUT2D eigenvalue weighted by Gasteiger charge is 2.27. The number of fused-ring (bicyclic) bond motifs is 1. The van der Waals surface area contributed by atoms with E-state index in [9.17, 15) is 4.39 Å². The lowest BCUT2D eigenvalue weighted by atomic mass is 9.93. The number of ether oxygens (including phenoxy) is 2. The minimum Gasteiger partial charge on any atom is -0.497 e. The Bertz CT molecular complexity index is 672. The Morgan fingerprint density at radius 3 is 2.76 bits per heavy atom. The van der Waals surface area contributed by atoms with Gasteiger partial charge >= 0.3 is 0 Å². The van der Waals surface area contributed by atoms with Crippen LogP contribution < -0.4 is 15.2 Å². The van der Waals surface area contributed by atoms with E-state index in [0.717, 1.165) is 22.6 Å². The van der Waals surface area contributed by atoms with Crippen molar-refractivity contribution in [2.24, 2.45) is 5.73 Å². The van der Waals surface area contributed by atoms with Gasteiger partial charge in [-0.1, -0.05) is 12.1 Å². The second-order valence-electron chi connectivity index (χ2n) is 5.36. The van der Waals surface area contributed by atoms with Gasteiger partial charge < -0.3 is 15.2 Å². The topological polar surface area (TPSA) is 44.5 Å². The number of hydrogen-bond donors (Lipinski definition) is 1. The molecule has 2 aromatic carbocycles. The average molecular weight is 287 g/mol. The van der Waals surface area contributed by atoms with Crippen LogP contribution in [0.2, 0.25) is 0 Å². The highest BCUT2D eigenvalue weighted by Crippen LogP contribution is 2.41. The first kappa shape index (κ1) is 13.9. The molecule has 3 nitrogen and oxygen atoms in total. The predicted molar refractivity (Wildman–Crippen MR) is 79.0 cm³/mol. The predicted octanol–water partition coefficient (Wildman–Crippen LogP) is 3.67. The minimum absolute atomic E-state index is 0.154. The lowest BCUT2D eigenvalue weighted by Gasteiger charge is -2.31. The number of nitrogens with two attached hydrogens (primary N) is 1. The number of halogens is 1. The summed E-state index contributed by atoms with van der Waals surface area (Å²) in [5, 5.41) is 0. The smallest absolute Gasteiger partial charge is 0.126 e. The fourth-order valence-electron chi connectivity index (χ4n) is 2.62. The highest BCUT2D eigenvalue weighted by molar-refractivity contribution is 5.44. The van der Waals surface area contributed by atoms with Crippen LogP contribution in [0.5, 0.6) is 11.5 Å². The van der Waals surface area contributed by atoms with E-state index in [2.05, 4.69) is 0 Å². The molecular formula is C17H18FNO2. The zero-order chi connectivity index (χ0) is 15.0. The Kier molecular flexibility index (Phi) is 3.55. The van der Waals surface area contributed by atoms with Gasteiger partial charge in [-0.05, 0) is 42.3 Å². The maximum atomic E-state index is 13.7. The van der Waals surface area contributed by atoms with Gasteiger partial charge in [-0.15, -0.1) is 0 Å². The van der Waals surface area contributed by atoms with Crippen LogP contribution in [-0.4, -0.2) is 7.11 Å². The fraction of sp³-hybridized carbons (Fsp3) is 0.294. The second kappa shape index (κ2) is 5.37. The summed E-state index contributed by atoms with van der Waals surface area (Å²) in [5.74, 6) is 1.28. The molecule has 0 fully saturated rings. The summed E-state index contributed by atoms with van der Waals surface area (Å²) in [4.78, 5) is 0. The van der Waals surface area contributed by atoms with Crippen LogP contribution in [0.15, 0.2) is 36.4 Å².